The normalized spacial score (nSPS) is 21.6. The van der Waals surface area contributed by atoms with Crippen LogP contribution in [0.15, 0.2) is 47.2 Å². The Morgan fingerprint density at radius 2 is 2.24 bits per heavy atom. The lowest BCUT2D eigenvalue weighted by Gasteiger charge is -2.25. The molecule has 2 aromatic rings. The number of aromatic nitrogens is 1. The molecule has 1 N–H and O–H groups in total. The van der Waals surface area contributed by atoms with E-state index in [0.29, 0.717) is 0 Å². The molecule has 3 rings (SSSR count). The number of nitrogens with one attached hydrogen (secondary N) is 1. The van der Waals surface area contributed by atoms with Crippen LogP contribution in [0.5, 0.6) is 0 Å². The number of hydrogen-bond donors (Lipinski definition) is 1. The summed E-state index contributed by atoms with van der Waals surface area (Å²) >= 11 is 5.53. The van der Waals surface area contributed by atoms with Gasteiger partial charge >= 0.3 is 0 Å². The smallest absolute Gasteiger partial charge is 0.170 e. The SMILES string of the molecule is CCCCN1C(=S)N[C@H](c2ccccn2)[C@H]1c1ccco1. The predicted octanol–water partition coefficient (Wildman–Crippen LogP) is 3.45. The van der Waals surface area contributed by atoms with E-state index >= 15 is 0 Å². The standard InChI is InChI=1S/C16H19N3OS/c1-2-3-10-19-15(13-8-6-11-20-13)14(18-16(19)21)12-7-4-5-9-17-12/h4-9,11,14-15H,2-3,10H2,1H3,(H,18,21)/t14-,15-/m1/s1. The minimum Gasteiger partial charge on any atom is -0.467 e. The maximum Gasteiger partial charge on any atom is 0.170 e. The lowest BCUT2D eigenvalue weighted by Crippen LogP contribution is -2.30. The number of thiocarbonyl (C=S) groups is 1. The van der Waals surface area contributed by atoms with Gasteiger partial charge in [-0.3, -0.25) is 4.98 Å². The Morgan fingerprint density at radius 1 is 1.33 bits per heavy atom. The van der Waals surface area contributed by atoms with E-state index in [1.54, 1.807) is 6.26 Å². The first-order chi connectivity index (χ1) is 10.3. The molecule has 0 aliphatic carbocycles. The molecule has 21 heavy (non-hydrogen) atoms. The van der Waals surface area contributed by atoms with Gasteiger partial charge < -0.3 is 14.6 Å². The first kappa shape index (κ1) is 14.1. The highest BCUT2D eigenvalue weighted by atomic mass is 32.1. The van der Waals surface area contributed by atoms with Gasteiger partial charge in [-0.15, -0.1) is 0 Å². The Morgan fingerprint density at radius 3 is 2.90 bits per heavy atom. The van der Waals surface area contributed by atoms with Gasteiger partial charge in [-0.1, -0.05) is 19.4 Å². The van der Waals surface area contributed by atoms with E-state index in [9.17, 15) is 0 Å². The summed E-state index contributed by atoms with van der Waals surface area (Å²) in [5.74, 6) is 0.925. The second-order valence-corrected chi connectivity index (χ2v) is 5.58. The lowest BCUT2D eigenvalue weighted by molar-refractivity contribution is 0.269. The second kappa shape index (κ2) is 6.26. The molecular weight excluding hydrogens is 282 g/mol. The molecule has 0 saturated carbocycles. The van der Waals surface area contributed by atoms with Crippen molar-refractivity contribution in [2.45, 2.75) is 31.8 Å². The molecular formula is C16H19N3OS. The number of pyridine rings is 1. The average molecular weight is 301 g/mol. The zero-order valence-electron chi connectivity index (χ0n) is 12.0. The van der Waals surface area contributed by atoms with Crippen LogP contribution in [-0.4, -0.2) is 21.5 Å². The molecule has 3 heterocycles. The van der Waals surface area contributed by atoms with E-state index in [1.807, 2.05) is 36.5 Å². The van der Waals surface area contributed by atoms with Crippen LogP contribution in [0.2, 0.25) is 0 Å². The summed E-state index contributed by atoms with van der Waals surface area (Å²) in [6.07, 6.45) is 5.77. The van der Waals surface area contributed by atoms with Crippen molar-refractivity contribution in [3.63, 3.8) is 0 Å². The molecule has 1 aliphatic rings. The molecule has 1 saturated heterocycles. The largest absolute Gasteiger partial charge is 0.467 e. The molecule has 0 aromatic carbocycles. The van der Waals surface area contributed by atoms with Gasteiger partial charge in [0.15, 0.2) is 5.11 Å². The van der Waals surface area contributed by atoms with Crippen LogP contribution in [0.3, 0.4) is 0 Å². The Hall–Kier alpha value is -1.88. The number of furan rings is 1. The van der Waals surface area contributed by atoms with Crippen molar-refractivity contribution in [1.82, 2.24) is 15.2 Å². The predicted molar refractivity (Wildman–Crippen MR) is 85.8 cm³/mol. The van der Waals surface area contributed by atoms with Crippen LogP contribution in [-0.2, 0) is 0 Å². The van der Waals surface area contributed by atoms with Crippen LogP contribution < -0.4 is 5.32 Å². The third-order valence-corrected chi connectivity index (χ3v) is 4.14. The Balaban J connectivity index is 1.94. The molecule has 0 bridgehead atoms. The minimum absolute atomic E-state index is 0.0294. The Bertz CT molecular complexity index is 585. The van der Waals surface area contributed by atoms with Gasteiger partial charge in [-0.05, 0) is 42.9 Å². The second-order valence-electron chi connectivity index (χ2n) is 5.19. The van der Waals surface area contributed by atoms with Gasteiger partial charge in [0.05, 0.1) is 18.0 Å². The summed E-state index contributed by atoms with van der Waals surface area (Å²) in [7, 11) is 0. The highest BCUT2D eigenvalue weighted by Crippen LogP contribution is 2.38. The molecule has 0 spiro atoms. The molecule has 2 atom stereocenters. The highest BCUT2D eigenvalue weighted by molar-refractivity contribution is 7.80. The van der Waals surface area contributed by atoms with Gasteiger partial charge in [0.1, 0.15) is 11.8 Å². The molecule has 1 aliphatic heterocycles. The fraction of sp³-hybridized carbons (Fsp3) is 0.375. The molecule has 110 valence electrons. The van der Waals surface area contributed by atoms with E-state index in [-0.39, 0.29) is 12.1 Å². The van der Waals surface area contributed by atoms with Gasteiger partial charge in [0, 0.05) is 12.7 Å². The summed E-state index contributed by atoms with van der Waals surface area (Å²) in [6.45, 7) is 3.11. The Kier molecular flexibility index (Phi) is 4.20. The van der Waals surface area contributed by atoms with Crippen LogP contribution in [0.4, 0.5) is 0 Å². The minimum atomic E-state index is 0.0294. The zero-order valence-corrected chi connectivity index (χ0v) is 12.8. The number of rotatable bonds is 5. The maximum atomic E-state index is 5.66. The summed E-state index contributed by atoms with van der Waals surface area (Å²) in [5.41, 5.74) is 0.986. The zero-order chi connectivity index (χ0) is 14.7. The van der Waals surface area contributed by atoms with Crippen molar-refractivity contribution in [3.8, 4) is 0 Å². The van der Waals surface area contributed by atoms with E-state index < -0.39 is 0 Å². The monoisotopic (exact) mass is 301 g/mol. The summed E-state index contributed by atoms with van der Waals surface area (Å²) in [5, 5.41) is 4.18. The first-order valence-electron chi connectivity index (χ1n) is 7.32. The number of nitrogens with zero attached hydrogens (tertiary/aromatic N) is 2. The molecule has 2 aromatic heterocycles. The molecule has 0 amide bonds. The number of unbranched alkanes of at least 4 members (excludes halogenated alkanes) is 1. The van der Waals surface area contributed by atoms with E-state index in [0.717, 1.165) is 36.0 Å². The van der Waals surface area contributed by atoms with Crippen molar-refractivity contribution in [1.29, 1.82) is 0 Å². The Labute approximate surface area is 130 Å². The lowest BCUT2D eigenvalue weighted by atomic mass is 10.0. The summed E-state index contributed by atoms with van der Waals surface area (Å²) in [6, 6.07) is 9.98. The third-order valence-electron chi connectivity index (χ3n) is 3.79. The van der Waals surface area contributed by atoms with Crippen molar-refractivity contribution in [3.05, 3.63) is 54.2 Å². The van der Waals surface area contributed by atoms with Gasteiger partial charge in [-0.2, -0.15) is 0 Å². The molecule has 5 heteroatoms. The molecule has 4 nitrogen and oxygen atoms in total. The van der Waals surface area contributed by atoms with Crippen LogP contribution in [0.1, 0.15) is 43.3 Å². The van der Waals surface area contributed by atoms with E-state index in [2.05, 4.69) is 22.1 Å². The van der Waals surface area contributed by atoms with Crippen LogP contribution in [0, 0.1) is 0 Å². The van der Waals surface area contributed by atoms with Crippen LogP contribution >= 0.6 is 12.2 Å². The van der Waals surface area contributed by atoms with E-state index in [4.69, 9.17) is 16.6 Å². The fourth-order valence-electron chi connectivity index (χ4n) is 2.74. The molecule has 0 radical (unpaired) electrons. The van der Waals surface area contributed by atoms with Crippen molar-refractivity contribution >= 4 is 17.3 Å². The van der Waals surface area contributed by atoms with Gasteiger partial charge in [0.25, 0.3) is 0 Å². The first-order valence-corrected chi connectivity index (χ1v) is 7.73. The quantitative estimate of drug-likeness (QED) is 0.857. The molecule has 0 unspecified atom stereocenters. The summed E-state index contributed by atoms with van der Waals surface area (Å²) < 4.78 is 5.66. The maximum absolute atomic E-state index is 5.66. The summed E-state index contributed by atoms with van der Waals surface area (Å²) in [4.78, 5) is 6.70. The van der Waals surface area contributed by atoms with Crippen LogP contribution in [0.25, 0.3) is 0 Å². The van der Waals surface area contributed by atoms with Crippen molar-refractivity contribution in [2.24, 2.45) is 0 Å². The van der Waals surface area contributed by atoms with Gasteiger partial charge in [-0.25, -0.2) is 0 Å². The van der Waals surface area contributed by atoms with Gasteiger partial charge in [0.2, 0.25) is 0 Å². The fourth-order valence-corrected chi connectivity index (χ4v) is 3.08. The van der Waals surface area contributed by atoms with Crippen molar-refractivity contribution < 1.29 is 4.42 Å². The number of hydrogen-bond acceptors (Lipinski definition) is 3. The average Bonchev–Trinajstić information content (AvgIpc) is 3.13. The highest BCUT2D eigenvalue weighted by Gasteiger charge is 2.40. The third kappa shape index (κ3) is 2.78. The topological polar surface area (TPSA) is 41.3 Å². The van der Waals surface area contributed by atoms with E-state index in [1.165, 1.54) is 0 Å². The van der Waals surface area contributed by atoms with Crippen molar-refractivity contribution in [2.75, 3.05) is 6.54 Å². The molecule has 1 fully saturated rings.